The van der Waals surface area contributed by atoms with Crippen LogP contribution in [0.1, 0.15) is 65.8 Å². The fourth-order valence-corrected chi connectivity index (χ4v) is 4.12. The van der Waals surface area contributed by atoms with Crippen molar-refractivity contribution in [1.29, 1.82) is 0 Å². The van der Waals surface area contributed by atoms with Gasteiger partial charge in [-0.2, -0.15) is 0 Å². The van der Waals surface area contributed by atoms with Gasteiger partial charge in [0.1, 0.15) is 17.8 Å². The molecule has 45 heavy (non-hydrogen) atoms. The van der Waals surface area contributed by atoms with Gasteiger partial charge < -0.3 is 19.7 Å². The molecule has 0 heterocycles. The number of rotatable bonds is 7. The van der Waals surface area contributed by atoms with E-state index in [2.05, 4.69) is 0 Å². The molecule has 0 aliphatic heterocycles. The first-order chi connectivity index (χ1) is 21.2. The van der Waals surface area contributed by atoms with Gasteiger partial charge in [0.2, 0.25) is 0 Å². The summed E-state index contributed by atoms with van der Waals surface area (Å²) in [6, 6.07) is 15.1. The van der Waals surface area contributed by atoms with Crippen molar-refractivity contribution >= 4 is 23.9 Å². The highest BCUT2D eigenvalue weighted by atomic mass is 19.1. The molecule has 0 amide bonds. The third-order valence-electron chi connectivity index (χ3n) is 6.58. The highest BCUT2D eigenvalue weighted by Crippen LogP contribution is 2.24. The second kappa shape index (κ2) is 16.5. The zero-order valence-corrected chi connectivity index (χ0v) is 26.2. The summed E-state index contributed by atoms with van der Waals surface area (Å²) < 4.78 is 36.0. The van der Waals surface area contributed by atoms with Crippen molar-refractivity contribution in [3.05, 3.63) is 123 Å². The number of carbonyl (C=O) groups excluding carboxylic acids is 3. The number of ether oxygens (including phenoxy) is 2. The summed E-state index contributed by atoms with van der Waals surface area (Å²) in [6.45, 7) is 8.52. The molecule has 2 N–H and O–H groups in total. The molecule has 0 spiro atoms. The summed E-state index contributed by atoms with van der Waals surface area (Å²) >= 11 is 0. The molecule has 0 bridgehead atoms. The van der Waals surface area contributed by atoms with Crippen molar-refractivity contribution < 1.29 is 42.9 Å². The number of aryl methyl sites for hydroxylation is 4. The average molecular weight is 619 g/mol. The molecule has 0 aromatic heterocycles. The van der Waals surface area contributed by atoms with E-state index in [0.717, 1.165) is 40.2 Å². The van der Waals surface area contributed by atoms with Crippen molar-refractivity contribution in [2.24, 2.45) is 0 Å². The smallest absolute Gasteiger partial charge is 0.185 e. The molecule has 236 valence electrons. The van der Waals surface area contributed by atoms with Crippen LogP contribution in [-0.4, -0.2) is 42.3 Å². The minimum atomic E-state index is -0.571. The number of phenols is 2. The van der Waals surface area contributed by atoms with E-state index in [1.54, 1.807) is 58.0 Å². The van der Waals surface area contributed by atoms with Gasteiger partial charge in [0.15, 0.2) is 34.7 Å². The molecule has 0 aliphatic rings. The number of Topliss-reactive ketones (excluding diaryl/α,β-unsaturated/α-hetero) is 1. The Morgan fingerprint density at radius 3 is 1.44 bits per heavy atom. The van der Waals surface area contributed by atoms with Gasteiger partial charge in [0.25, 0.3) is 0 Å². The van der Waals surface area contributed by atoms with Crippen LogP contribution >= 0.6 is 0 Å². The maximum absolute atomic E-state index is 13.6. The van der Waals surface area contributed by atoms with E-state index in [1.807, 2.05) is 0 Å². The lowest BCUT2D eigenvalue weighted by Crippen LogP contribution is -1.97. The fourth-order valence-electron chi connectivity index (χ4n) is 4.12. The summed E-state index contributed by atoms with van der Waals surface area (Å²) in [6.07, 6.45) is 3.80. The SMILES string of the molecule is COc1ccc(C(=O)/C=C/c2cc(C)c(O)c(C)c2)cc1F.COc1ccc(C(C)=O)cc1F.Cc1cc(C=O)cc(C)c1O. The Hall–Kier alpha value is -5.31. The zero-order valence-electron chi connectivity index (χ0n) is 26.2. The molecule has 4 rings (SSSR count). The molecular formula is C36H36F2O7. The third-order valence-corrected chi connectivity index (χ3v) is 6.58. The first-order valence-electron chi connectivity index (χ1n) is 13.7. The van der Waals surface area contributed by atoms with Gasteiger partial charge in [-0.05, 0) is 129 Å². The molecule has 0 radical (unpaired) electrons. The standard InChI is InChI=1S/C18H17FO3.C9H9FO2.C9H10O2/c1-11-8-13(9-12(2)18(11)21)4-6-16(20)14-5-7-17(22-3)15(19)10-14;1-6(11)7-3-4-9(12-2)8(10)5-7;1-6-3-8(5-10)4-7(2)9(6)11/h4-10,21H,1-3H3;3-5H,1-2H3;3-5,11H,1-2H3/b6-4+;;. The number of allylic oxidation sites excluding steroid dienone is 1. The Morgan fingerprint density at radius 1 is 0.667 bits per heavy atom. The lowest BCUT2D eigenvalue weighted by Gasteiger charge is -2.05. The summed E-state index contributed by atoms with van der Waals surface area (Å²) in [5, 5.41) is 19.0. The summed E-state index contributed by atoms with van der Waals surface area (Å²) in [5.41, 5.74) is 4.98. The van der Waals surface area contributed by atoms with Gasteiger partial charge in [-0.25, -0.2) is 8.78 Å². The van der Waals surface area contributed by atoms with Crippen LogP contribution in [0.4, 0.5) is 8.78 Å². The van der Waals surface area contributed by atoms with Crippen molar-refractivity contribution in [1.82, 2.24) is 0 Å². The number of carbonyl (C=O) groups is 3. The second-order valence-electron chi connectivity index (χ2n) is 10.1. The van der Waals surface area contributed by atoms with Crippen LogP contribution in [0.15, 0.2) is 66.7 Å². The molecule has 0 saturated heterocycles. The van der Waals surface area contributed by atoms with Gasteiger partial charge >= 0.3 is 0 Å². The van der Waals surface area contributed by atoms with Crippen LogP contribution in [0.3, 0.4) is 0 Å². The number of hydrogen-bond donors (Lipinski definition) is 2. The van der Waals surface area contributed by atoms with E-state index in [9.17, 15) is 33.4 Å². The van der Waals surface area contributed by atoms with Gasteiger partial charge in [-0.15, -0.1) is 0 Å². The Morgan fingerprint density at radius 2 is 1.07 bits per heavy atom. The predicted octanol–water partition coefficient (Wildman–Crippen LogP) is 7.91. The maximum atomic E-state index is 13.6. The zero-order chi connectivity index (χ0) is 33.8. The first kappa shape index (κ1) is 35.9. The van der Waals surface area contributed by atoms with E-state index in [1.165, 1.54) is 57.6 Å². The van der Waals surface area contributed by atoms with E-state index in [-0.39, 0.29) is 40.1 Å². The van der Waals surface area contributed by atoms with Crippen LogP contribution in [0.5, 0.6) is 23.0 Å². The number of hydrogen-bond acceptors (Lipinski definition) is 7. The van der Waals surface area contributed by atoms with E-state index in [4.69, 9.17) is 9.47 Å². The average Bonchev–Trinajstić information content (AvgIpc) is 3.01. The van der Waals surface area contributed by atoms with Crippen LogP contribution in [0, 0.1) is 39.3 Å². The molecule has 0 aliphatic carbocycles. The topological polar surface area (TPSA) is 110 Å². The van der Waals surface area contributed by atoms with Crippen molar-refractivity contribution in [3.63, 3.8) is 0 Å². The Kier molecular flexibility index (Phi) is 13.2. The minimum absolute atomic E-state index is 0.102. The number of benzene rings is 4. The molecule has 4 aromatic rings. The van der Waals surface area contributed by atoms with Crippen LogP contribution < -0.4 is 9.47 Å². The highest BCUT2D eigenvalue weighted by molar-refractivity contribution is 6.06. The van der Waals surface area contributed by atoms with Crippen LogP contribution in [-0.2, 0) is 0 Å². The number of phenolic OH excluding ortho intramolecular Hbond substituents is 2. The molecule has 0 atom stereocenters. The molecule has 0 saturated carbocycles. The maximum Gasteiger partial charge on any atom is 0.185 e. The van der Waals surface area contributed by atoms with E-state index < -0.39 is 11.6 Å². The lowest BCUT2D eigenvalue weighted by molar-refractivity contribution is 0.101. The van der Waals surface area contributed by atoms with Gasteiger partial charge in [0, 0.05) is 16.7 Å². The largest absolute Gasteiger partial charge is 0.507 e. The third kappa shape index (κ3) is 10.1. The number of aromatic hydroxyl groups is 2. The quantitative estimate of drug-likeness (QED) is 0.123. The first-order valence-corrected chi connectivity index (χ1v) is 13.7. The van der Waals surface area contributed by atoms with Gasteiger partial charge in [0.05, 0.1) is 14.2 Å². The molecular weight excluding hydrogens is 582 g/mol. The van der Waals surface area contributed by atoms with Crippen molar-refractivity contribution in [2.45, 2.75) is 34.6 Å². The van der Waals surface area contributed by atoms with E-state index in [0.29, 0.717) is 11.1 Å². The summed E-state index contributed by atoms with van der Waals surface area (Å²) in [7, 11) is 2.75. The van der Waals surface area contributed by atoms with Crippen LogP contribution in [0.2, 0.25) is 0 Å². The number of ketones is 2. The number of halogens is 2. The molecule has 9 heteroatoms. The second-order valence-corrected chi connectivity index (χ2v) is 10.1. The van der Waals surface area contributed by atoms with Crippen molar-refractivity contribution in [3.8, 4) is 23.0 Å². The number of aldehydes is 1. The lowest BCUT2D eigenvalue weighted by atomic mass is 10.0. The predicted molar refractivity (Wildman–Crippen MR) is 170 cm³/mol. The summed E-state index contributed by atoms with van der Waals surface area (Å²) in [4.78, 5) is 33.2. The monoisotopic (exact) mass is 618 g/mol. The minimum Gasteiger partial charge on any atom is -0.507 e. The molecule has 0 unspecified atom stereocenters. The molecule has 7 nitrogen and oxygen atoms in total. The Labute approximate surface area is 261 Å². The van der Waals surface area contributed by atoms with Gasteiger partial charge in [-0.3, -0.25) is 14.4 Å². The molecule has 4 aromatic carbocycles. The van der Waals surface area contributed by atoms with E-state index >= 15 is 0 Å². The number of methoxy groups -OCH3 is 2. The summed E-state index contributed by atoms with van der Waals surface area (Å²) in [5.74, 6) is -0.758. The Bertz CT molecular complexity index is 1680. The fraction of sp³-hybridized carbons (Fsp3) is 0.194. The van der Waals surface area contributed by atoms with Crippen LogP contribution in [0.25, 0.3) is 6.08 Å². The Balaban J connectivity index is 0.000000259. The highest BCUT2D eigenvalue weighted by Gasteiger charge is 2.09. The van der Waals surface area contributed by atoms with Crippen molar-refractivity contribution in [2.75, 3.05) is 14.2 Å². The van der Waals surface area contributed by atoms with Gasteiger partial charge in [-0.1, -0.05) is 6.08 Å². The molecule has 0 fully saturated rings. The normalized spacial score (nSPS) is 10.2.